The molecule has 0 heterocycles. The van der Waals surface area contributed by atoms with Crippen molar-refractivity contribution < 1.29 is 19.1 Å². The van der Waals surface area contributed by atoms with E-state index in [9.17, 15) is 9.59 Å². The van der Waals surface area contributed by atoms with E-state index in [2.05, 4.69) is 39.1 Å². The first kappa shape index (κ1) is 21.7. The minimum absolute atomic E-state index is 0.361. The van der Waals surface area contributed by atoms with Crippen LogP contribution in [0.1, 0.15) is 47.9 Å². The zero-order valence-electron chi connectivity index (χ0n) is 16.0. The Balaban J connectivity index is 2.39. The van der Waals surface area contributed by atoms with Gasteiger partial charge in [0.1, 0.15) is 0 Å². The number of unbranched alkanes of at least 4 members (excludes halogenated alkanes) is 2. The lowest BCUT2D eigenvalue weighted by Gasteiger charge is -2.12. The molecule has 0 N–H and O–H groups in total. The van der Waals surface area contributed by atoms with Crippen LogP contribution in [-0.2, 0) is 31.9 Å². The highest BCUT2D eigenvalue weighted by atomic mass is 16.5. The van der Waals surface area contributed by atoms with Crippen LogP contribution in [0.5, 0.6) is 0 Å². The number of hydrogen-bond donors (Lipinski definition) is 0. The molecule has 142 valence electrons. The van der Waals surface area contributed by atoms with Crippen molar-refractivity contribution in [3.8, 4) is 0 Å². The second kappa shape index (κ2) is 12.1. The van der Waals surface area contributed by atoms with Crippen LogP contribution in [-0.4, -0.2) is 25.2 Å². The highest BCUT2D eigenvalue weighted by Gasteiger charge is 2.06. The molecule has 0 aliphatic heterocycles. The molecule has 4 heteroatoms. The van der Waals surface area contributed by atoms with E-state index < -0.39 is 0 Å². The molecule has 0 amide bonds. The summed E-state index contributed by atoms with van der Waals surface area (Å²) in [5.74, 6) is -0.721. The molecule has 0 saturated heterocycles. The quantitative estimate of drug-likeness (QED) is 0.315. The number of esters is 2. The molecule has 0 unspecified atom stereocenters. The molecule has 0 saturated carbocycles. The summed E-state index contributed by atoms with van der Waals surface area (Å²) in [4.78, 5) is 22.0. The second-order valence-corrected chi connectivity index (χ2v) is 6.36. The van der Waals surface area contributed by atoms with Crippen LogP contribution >= 0.6 is 0 Å². The molecular formula is C22H30O4. The van der Waals surface area contributed by atoms with Crippen LogP contribution < -0.4 is 0 Å². The smallest absolute Gasteiger partial charge is 0.330 e. The summed E-state index contributed by atoms with van der Waals surface area (Å²) >= 11 is 0. The topological polar surface area (TPSA) is 52.6 Å². The molecule has 0 spiro atoms. The fourth-order valence-electron chi connectivity index (χ4n) is 2.77. The summed E-state index contributed by atoms with van der Waals surface area (Å²) < 4.78 is 9.99. The Morgan fingerprint density at radius 3 is 1.54 bits per heavy atom. The van der Waals surface area contributed by atoms with Crippen LogP contribution in [0.25, 0.3) is 0 Å². The maximum Gasteiger partial charge on any atom is 0.330 e. The highest BCUT2D eigenvalue weighted by molar-refractivity contribution is 5.81. The average Bonchev–Trinajstić information content (AvgIpc) is 2.63. The lowest BCUT2D eigenvalue weighted by molar-refractivity contribution is -0.138. The van der Waals surface area contributed by atoms with Crippen LogP contribution in [0.4, 0.5) is 0 Å². The van der Waals surface area contributed by atoms with Crippen LogP contribution in [0.3, 0.4) is 0 Å². The molecule has 26 heavy (non-hydrogen) atoms. The lowest BCUT2D eigenvalue weighted by atomic mass is 9.94. The van der Waals surface area contributed by atoms with Crippen LogP contribution in [0, 0.1) is 13.8 Å². The maximum absolute atomic E-state index is 11.0. The monoisotopic (exact) mass is 358 g/mol. The van der Waals surface area contributed by atoms with Gasteiger partial charge in [-0.15, -0.1) is 0 Å². The molecular weight excluding hydrogens is 328 g/mol. The zero-order valence-corrected chi connectivity index (χ0v) is 16.0. The number of benzene rings is 1. The predicted octanol–water partition coefficient (Wildman–Crippen LogP) is 4.41. The molecule has 4 nitrogen and oxygen atoms in total. The fourth-order valence-corrected chi connectivity index (χ4v) is 2.77. The van der Waals surface area contributed by atoms with Crippen molar-refractivity contribution in [3.05, 3.63) is 59.7 Å². The Hall–Kier alpha value is -2.36. The molecule has 1 rings (SSSR count). The molecule has 0 radical (unpaired) electrons. The Kier molecular flexibility index (Phi) is 10.1. The molecule has 1 aromatic rings. The van der Waals surface area contributed by atoms with Crippen molar-refractivity contribution in [2.75, 3.05) is 13.2 Å². The van der Waals surface area contributed by atoms with Crippen molar-refractivity contribution in [2.24, 2.45) is 0 Å². The summed E-state index contributed by atoms with van der Waals surface area (Å²) in [5, 5.41) is 0. The van der Waals surface area contributed by atoms with Gasteiger partial charge >= 0.3 is 11.9 Å². The largest absolute Gasteiger partial charge is 0.463 e. The van der Waals surface area contributed by atoms with Gasteiger partial charge in [-0.25, -0.2) is 9.59 Å². The van der Waals surface area contributed by atoms with Gasteiger partial charge in [0, 0.05) is 12.2 Å². The van der Waals surface area contributed by atoms with Gasteiger partial charge in [-0.1, -0.05) is 25.3 Å². The van der Waals surface area contributed by atoms with Gasteiger partial charge in [0.15, 0.2) is 0 Å². The molecule has 0 aromatic heterocycles. The number of carbonyl (C=O) groups excluding carboxylic acids is 2. The van der Waals surface area contributed by atoms with E-state index in [0.29, 0.717) is 13.2 Å². The average molecular weight is 358 g/mol. The summed E-state index contributed by atoms with van der Waals surface area (Å²) in [6.45, 7) is 11.9. The van der Waals surface area contributed by atoms with Crippen molar-refractivity contribution in [2.45, 2.75) is 52.4 Å². The number of aryl methyl sites for hydroxylation is 4. The number of rotatable bonds is 12. The number of hydrogen-bond acceptors (Lipinski definition) is 4. The maximum atomic E-state index is 11.0. The summed E-state index contributed by atoms with van der Waals surface area (Å²) in [7, 11) is 0. The Labute approximate surface area is 156 Å². The minimum atomic E-state index is -0.361. The first-order chi connectivity index (χ1) is 12.5. The molecule has 0 atom stereocenters. The van der Waals surface area contributed by atoms with Gasteiger partial charge in [0.2, 0.25) is 0 Å². The molecule has 0 bridgehead atoms. The van der Waals surface area contributed by atoms with E-state index in [1.54, 1.807) is 0 Å². The summed E-state index contributed by atoms with van der Waals surface area (Å²) in [6.07, 6.45) is 8.02. The lowest BCUT2D eigenvalue weighted by Crippen LogP contribution is -2.03. The normalized spacial score (nSPS) is 10.2. The first-order valence-corrected chi connectivity index (χ1v) is 9.15. The van der Waals surface area contributed by atoms with Gasteiger partial charge in [-0.05, 0) is 74.6 Å². The molecule has 0 aliphatic carbocycles. The zero-order chi connectivity index (χ0) is 19.4. The van der Waals surface area contributed by atoms with Gasteiger partial charge < -0.3 is 9.47 Å². The van der Waals surface area contributed by atoms with Crippen LogP contribution in [0.2, 0.25) is 0 Å². The van der Waals surface area contributed by atoms with E-state index >= 15 is 0 Å². The third kappa shape index (κ3) is 8.15. The summed E-state index contributed by atoms with van der Waals surface area (Å²) in [5.41, 5.74) is 5.29. The van der Waals surface area contributed by atoms with Crippen LogP contribution in [0.15, 0.2) is 37.4 Å². The van der Waals surface area contributed by atoms with Crippen molar-refractivity contribution >= 4 is 11.9 Å². The third-order valence-electron chi connectivity index (χ3n) is 4.30. The van der Waals surface area contributed by atoms with E-state index in [-0.39, 0.29) is 11.9 Å². The van der Waals surface area contributed by atoms with Gasteiger partial charge in [0.25, 0.3) is 0 Å². The Morgan fingerprint density at radius 1 is 0.808 bits per heavy atom. The van der Waals surface area contributed by atoms with Crippen molar-refractivity contribution in [3.63, 3.8) is 0 Å². The van der Waals surface area contributed by atoms with E-state index in [1.807, 2.05) is 0 Å². The second-order valence-electron chi connectivity index (χ2n) is 6.36. The van der Waals surface area contributed by atoms with Crippen molar-refractivity contribution in [1.82, 2.24) is 0 Å². The molecule has 0 aliphatic rings. The molecule has 1 aromatic carbocycles. The standard InChI is InChI=1S/C22H30O4/c1-5-21(23)25-13-9-7-11-19-15-18(4)20(16-17(19)3)12-8-10-14-26-22(24)6-2/h5-6,15-16H,1-2,7-14H2,3-4H3. The Morgan fingerprint density at radius 2 is 1.19 bits per heavy atom. The Bertz CT molecular complexity index is 576. The van der Waals surface area contributed by atoms with E-state index in [4.69, 9.17) is 9.47 Å². The van der Waals surface area contributed by atoms with Crippen molar-refractivity contribution in [1.29, 1.82) is 0 Å². The number of carbonyl (C=O) groups is 2. The third-order valence-corrected chi connectivity index (χ3v) is 4.30. The van der Waals surface area contributed by atoms with E-state index in [1.165, 1.54) is 34.4 Å². The highest BCUT2D eigenvalue weighted by Crippen LogP contribution is 2.20. The van der Waals surface area contributed by atoms with Gasteiger partial charge in [0.05, 0.1) is 13.2 Å². The van der Waals surface area contributed by atoms with E-state index in [0.717, 1.165) is 38.5 Å². The van der Waals surface area contributed by atoms with Gasteiger partial charge in [-0.2, -0.15) is 0 Å². The fraction of sp³-hybridized carbons (Fsp3) is 0.455. The number of ether oxygens (including phenoxy) is 2. The van der Waals surface area contributed by atoms with Gasteiger partial charge in [-0.3, -0.25) is 0 Å². The molecule has 0 fully saturated rings. The SMILES string of the molecule is C=CC(=O)OCCCCc1cc(C)c(CCCCOC(=O)C=C)cc1C. The first-order valence-electron chi connectivity index (χ1n) is 9.15. The minimum Gasteiger partial charge on any atom is -0.463 e. The summed E-state index contributed by atoms with van der Waals surface area (Å²) in [6, 6.07) is 4.52. The predicted molar refractivity (Wildman–Crippen MR) is 104 cm³/mol.